The Morgan fingerprint density at radius 1 is 0.339 bits per heavy atom. The van der Waals surface area contributed by atoms with Gasteiger partial charge in [-0.1, -0.05) is 133 Å². The summed E-state index contributed by atoms with van der Waals surface area (Å²) in [5.41, 5.74) is 11.6. The third-order valence-electron chi connectivity index (χ3n) is 12.1. The van der Waals surface area contributed by atoms with Crippen LogP contribution in [0, 0.1) is 22.7 Å². The zero-order valence-electron chi connectivity index (χ0n) is 31.6. The Bertz CT molecular complexity index is 3790. The second kappa shape index (κ2) is 12.6. The molecule has 0 spiro atoms. The molecule has 0 fully saturated rings. The lowest BCUT2D eigenvalue weighted by atomic mass is 10.0. The molecule has 5 heteroatoms. The van der Waals surface area contributed by atoms with E-state index in [2.05, 4.69) is 184 Å². The Hall–Kier alpha value is -8.38. The fourth-order valence-corrected chi connectivity index (χ4v) is 9.58. The topological polar surface area (TPSA) is 62.4 Å². The van der Waals surface area contributed by atoms with Gasteiger partial charge in [-0.2, -0.15) is 10.5 Å². The third-order valence-corrected chi connectivity index (χ3v) is 12.1. The number of benzene rings is 9. The van der Waals surface area contributed by atoms with E-state index in [-0.39, 0.29) is 0 Å². The summed E-state index contributed by atoms with van der Waals surface area (Å²) in [6, 6.07) is 70.5. The predicted molar refractivity (Wildman–Crippen MR) is 242 cm³/mol. The van der Waals surface area contributed by atoms with E-state index in [9.17, 15) is 10.5 Å². The first-order valence-electron chi connectivity index (χ1n) is 19.7. The van der Waals surface area contributed by atoms with Crippen LogP contribution in [-0.2, 0) is 0 Å². The first kappa shape index (κ1) is 32.8. The van der Waals surface area contributed by atoms with Crippen molar-refractivity contribution in [3.63, 3.8) is 0 Å². The molecule has 272 valence electrons. The molecule has 59 heavy (non-hydrogen) atoms. The van der Waals surface area contributed by atoms with Crippen LogP contribution in [-0.4, -0.2) is 13.7 Å². The number of rotatable bonds is 4. The molecule has 0 radical (unpaired) electrons. The Kier molecular flexibility index (Phi) is 6.99. The van der Waals surface area contributed by atoms with E-state index in [4.69, 9.17) is 0 Å². The van der Waals surface area contributed by atoms with Crippen molar-refractivity contribution in [2.45, 2.75) is 0 Å². The molecule has 3 heterocycles. The van der Waals surface area contributed by atoms with E-state index >= 15 is 0 Å². The summed E-state index contributed by atoms with van der Waals surface area (Å²) in [4.78, 5) is 0. The summed E-state index contributed by atoms with van der Waals surface area (Å²) in [7, 11) is 0. The largest absolute Gasteiger partial charge is 0.308 e. The highest BCUT2D eigenvalue weighted by Crippen LogP contribution is 2.44. The Labute approximate surface area is 338 Å². The van der Waals surface area contributed by atoms with Crippen molar-refractivity contribution in [2.75, 3.05) is 0 Å². The quantitative estimate of drug-likeness (QED) is 0.180. The average molecular weight is 750 g/mol. The third kappa shape index (κ3) is 4.65. The molecule has 12 rings (SSSR count). The smallest absolute Gasteiger partial charge is 0.101 e. The number of para-hydroxylation sites is 3. The van der Waals surface area contributed by atoms with Crippen molar-refractivity contribution in [2.24, 2.45) is 0 Å². The highest BCUT2D eigenvalue weighted by Gasteiger charge is 2.25. The zero-order valence-corrected chi connectivity index (χ0v) is 31.6. The van der Waals surface area contributed by atoms with E-state index in [1.165, 1.54) is 0 Å². The van der Waals surface area contributed by atoms with E-state index in [1.807, 2.05) is 30.3 Å². The summed E-state index contributed by atoms with van der Waals surface area (Å²) in [5.74, 6) is 0. The van der Waals surface area contributed by atoms with E-state index in [0.717, 1.165) is 93.0 Å². The van der Waals surface area contributed by atoms with Crippen molar-refractivity contribution in [1.82, 2.24) is 13.7 Å². The monoisotopic (exact) mass is 749 g/mol. The van der Waals surface area contributed by atoms with Gasteiger partial charge in [0.05, 0.1) is 55.6 Å². The van der Waals surface area contributed by atoms with E-state index in [1.54, 1.807) is 0 Å². The van der Waals surface area contributed by atoms with Gasteiger partial charge in [-0.25, -0.2) is 0 Å². The second-order valence-electron chi connectivity index (χ2n) is 15.1. The first-order valence-corrected chi connectivity index (χ1v) is 19.7. The summed E-state index contributed by atoms with van der Waals surface area (Å²) in [5, 5.41) is 31.2. The molecule has 3 aromatic heterocycles. The van der Waals surface area contributed by atoms with Gasteiger partial charge in [0, 0.05) is 38.0 Å². The van der Waals surface area contributed by atoms with Gasteiger partial charge in [0.25, 0.3) is 0 Å². The summed E-state index contributed by atoms with van der Waals surface area (Å²) < 4.78 is 6.71. The lowest BCUT2D eigenvalue weighted by Crippen LogP contribution is -2.05. The maximum absolute atomic E-state index is 11.2. The van der Waals surface area contributed by atoms with Crippen molar-refractivity contribution in [3.8, 4) is 40.3 Å². The minimum Gasteiger partial charge on any atom is -0.308 e. The van der Waals surface area contributed by atoms with Crippen LogP contribution in [0.25, 0.3) is 104 Å². The molecular formula is C54H31N5. The molecule has 0 atom stereocenters. The van der Waals surface area contributed by atoms with Gasteiger partial charge in [-0.3, -0.25) is 0 Å². The number of fused-ring (bicyclic) bond motifs is 12. The molecule has 0 aliphatic heterocycles. The molecule has 0 amide bonds. The van der Waals surface area contributed by atoms with Crippen molar-refractivity contribution in [1.29, 1.82) is 10.5 Å². The fourth-order valence-electron chi connectivity index (χ4n) is 9.58. The highest BCUT2D eigenvalue weighted by atomic mass is 15.1. The van der Waals surface area contributed by atoms with Gasteiger partial charge >= 0.3 is 0 Å². The maximum Gasteiger partial charge on any atom is 0.101 e. The maximum atomic E-state index is 11.2. The summed E-state index contributed by atoms with van der Waals surface area (Å²) in [6.45, 7) is 0. The van der Waals surface area contributed by atoms with E-state index < -0.39 is 0 Å². The first-order chi connectivity index (χ1) is 29.2. The molecule has 9 aromatic carbocycles. The highest BCUT2D eigenvalue weighted by molar-refractivity contribution is 6.24. The minimum absolute atomic E-state index is 0.470. The molecule has 0 bridgehead atoms. The van der Waals surface area contributed by atoms with Gasteiger partial charge in [-0.15, -0.1) is 0 Å². The van der Waals surface area contributed by atoms with Crippen LogP contribution in [0.4, 0.5) is 0 Å². The molecule has 0 aliphatic carbocycles. The zero-order chi connectivity index (χ0) is 39.2. The van der Waals surface area contributed by atoms with Crippen LogP contribution < -0.4 is 0 Å². The number of nitriles is 2. The van der Waals surface area contributed by atoms with Crippen molar-refractivity contribution >= 4 is 76.2 Å². The van der Waals surface area contributed by atoms with Crippen LogP contribution in [0.15, 0.2) is 188 Å². The lowest BCUT2D eigenvalue weighted by Gasteiger charge is -2.17. The van der Waals surface area contributed by atoms with Gasteiger partial charge in [0.15, 0.2) is 0 Å². The molecule has 0 unspecified atom stereocenters. The molecule has 0 saturated heterocycles. The van der Waals surface area contributed by atoms with Gasteiger partial charge in [0.2, 0.25) is 0 Å². The lowest BCUT2D eigenvalue weighted by molar-refractivity contribution is 1.12. The van der Waals surface area contributed by atoms with Crippen molar-refractivity contribution in [3.05, 3.63) is 199 Å². The van der Waals surface area contributed by atoms with Crippen molar-refractivity contribution < 1.29 is 0 Å². The Morgan fingerprint density at radius 2 is 0.864 bits per heavy atom. The minimum atomic E-state index is 0.470. The molecule has 5 nitrogen and oxygen atoms in total. The fraction of sp³-hybridized carbons (Fsp3) is 0. The standard InChI is InChI=1S/C54H31N5/c55-32-37-31-51(59-47-22-12-10-20-42(47)44-26-25-43-41-19-9-11-21-46(41)57(53(43)54(44)59)39-16-5-2-6-17-39)38(33-56)30-50(37)58-48-27-24-36(34-13-3-1-4-14-34)29-45(48)52-40-18-8-7-15-35(40)23-28-49(52)58/h1-31H. The average Bonchev–Trinajstić information content (AvgIpc) is 3.95. The van der Waals surface area contributed by atoms with Crippen LogP contribution in [0.2, 0.25) is 0 Å². The summed E-state index contributed by atoms with van der Waals surface area (Å²) >= 11 is 0. The summed E-state index contributed by atoms with van der Waals surface area (Å²) in [6.07, 6.45) is 0. The molecular weight excluding hydrogens is 719 g/mol. The van der Waals surface area contributed by atoms with Gasteiger partial charge in [-0.05, 0) is 76.5 Å². The Morgan fingerprint density at radius 3 is 1.54 bits per heavy atom. The second-order valence-corrected chi connectivity index (χ2v) is 15.1. The van der Waals surface area contributed by atoms with E-state index in [0.29, 0.717) is 22.5 Å². The number of aromatic nitrogens is 3. The number of hydrogen-bond acceptors (Lipinski definition) is 2. The van der Waals surface area contributed by atoms with Crippen LogP contribution in [0.1, 0.15) is 11.1 Å². The molecule has 0 saturated carbocycles. The molecule has 0 N–H and O–H groups in total. The number of hydrogen-bond donors (Lipinski definition) is 0. The number of nitrogens with zero attached hydrogens (tertiary/aromatic N) is 5. The molecule has 12 aromatic rings. The predicted octanol–water partition coefficient (Wildman–Crippen LogP) is 13.5. The molecule has 0 aliphatic rings. The SMILES string of the molecule is N#Cc1cc(-n2c3ccccc3c3ccc4c5ccccc5n(-c5ccccc5)c4c32)c(C#N)cc1-n1c2ccc(-c3ccccc3)cc2c2c3ccccc3ccc21. The van der Waals surface area contributed by atoms with Crippen LogP contribution >= 0.6 is 0 Å². The van der Waals surface area contributed by atoms with Crippen LogP contribution in [0.5, 0.6) is 0 Å². The Balaban J connectivity index is 1.19. The normalized spacial score (nSPS) is 11.7. The van der Waals surface area contributed by atoms with Gasteiger partial charge in [0.1, 0.15) is 12.1 Å². The van der Waals surface area contributed by atoms with Gasteiger partial charge < -0.3 is 13.7 Å². The van der Waals surface area contributed by atoms with Crippen LogP contribution in [0.3, 0.4) is 0 Å².